The third kappa shape index (κ3) is 4.42. The first-order chi connectivity index (χ1) is 14.9. The molecule has 33 heavy (non-hydrogen) atoms. The van der Waals surface area contributed by atoms with Crippen molar-refractivity contribution in [3.8, 4) is 0 Å². The summed E-state index contributed by atoms with van der Waals surface area (Å²) in [6, 6.07) is 10.2. The summed E-state index contributed by atoms with van der Waals surface area (Å²) in [4.78, 5) is 25.2. The summed E-state index contributed by atoms with van der Waals surface area (Å²) in [6.07, 6.45) is -4.57. The van der Waals surface area contributed by atoms with E-state index in [2.05, 4.69) is 5.32 Å². The monoisotopic (exact) mass is 484 g/mol. The quantitative estimate of drug-likeness (QED) is 0.249. The van der Waals surface area contributed by atoms with Gasteiger partial charge in [0.2, 0.25) is 0 Å². The molecule has 7 nitrogen and oxygen atoms in total. The minimum atomic E-state index is -5.15. The van der Waals surface area contributed by atoms with E-state index in [4.69, 9.17) is 5.73 Å². The number of fused-ring (bicyclic) bond motifs is 2. The van der Waals surface area contributed by atoms with Crippen molar-refractivity contribution in [3.05, 3.63) is 82.4 Å². The number of alkyl halides is 3. The van der Waals surface area contributed by atoms with Crippen LogP contribution >= 0.6 is 0 Å². The average Bonchev–Trinajstić information content (AvgIpc) is 2.72. The second-order valence-electron chi connectivity index (χ2n) is 6.94. The summed E-state index contributed by atoms with van der Waals surface area (Å²) in [5.41, 5.74) is 3.32. The van der Waals surface area contributed by atoms with Gasteiger partial charge in [0.15, 0.2) is 11.6 Å². The van der Waals surface area contributed by atoms with E-state index in [9.17, 15) is 35.7 Å². The van der Waals surface area contributed by atoms with Gasteiger partial charge in [-0.15, -0.1) is 0 Å². The maximum absolute atomic E-state index is 13.1. The number of ketones is 2. The number of carbonyl (C=O) groups excluding carboxylic acids is 2. The first-order valence-electron chi connectivity index (χ1n) is 8.94. The molecule has 4 rings (SSSR count). The van der Waals surface area contributed by atoms with Crippen LogP contribution in [-0.4, -0.2) is 24.5 Å². The molecule has 0 heterocycles. The van der Waals surface area contributed by atoms with E-state index in [1.54, 1.807) is 0 Å². The Morgan fingerprint density at radius 1 is 0.879 bits per heavy atom. The Morgan fingerprint density at radius 2 is 1.39 bits per heavy atom. The van der Waals surface area contributed by atoms with E-state index >= 15 is 0 Å². The van der Waals surface area contributed by atoms with Crippen molar-refractivity contribution in [3.63, 3.8) is 0 Å². The summed E-state index contributed by atoms with van der Waals surface area (Å²) in [5, 5.41) is 2.63. The van der Waals surface area contributed by atoms with Crippen LogP contribution in [0.2, 0.25) is 0 Å². The Bertz CT molecular complexity index is 1400. The van der Waals surface area contributed by atoms with E-state index in [1.807, 2.05) is 0 Å². The first kappa shape index (κ1) is 24.9. The van der Waals surface area contributed by atoms with Crippen LogP contribution in [0.3, 0.4) is 0 Å². The zero-order valence-electron chi connectivity index (χ0n) is 16.9. The summed E-state index contributed by atoms with van der Waals surface area (Å²) >= 11 is 0. The molecule has 0 spiro atoms. The Labute approximate surface area is 207 Å². The van der Waals surface area contributed by atoms with Gasteiger partial charge in [-0.2, -0.15) is 13.2 Å². The normalized spacial score (nSPS) is 13.1. The van der Waals surface area contributed by atoms with Crippen LogP contribution in [0.25, 0.3) is 0 Å². The molecule has 1 aliphatic rings. The van der Waals surface area contributed by atoms with Crippen LogP contribution < -0.4 is 40.6 Å². The third-order valence-electron chi connectivity index (χ3n) is 4.96. The average molecular weight is 484 g/mol. The molecule has 0 atom stereocenters. The molecule has 12 heteroatoms. The summed E-state index contributed by atoms with van der Waals surface area (Å²) in [7, 11) is -5.15. The number of hydrogen-bond donors (Lipinski definition) is 2. The van der Waals surface area contributed by atoms with Crippen molar-refractivity contribution in [2.45, 2.75) is 11.1 Å². The number of rotatable bonds is 3. The molecule has 3 aromatic carbocycles. The minimum Gasteiger partial charge on any atom is -0.744 e. The van der Waals surface area contributed by atoms with Crippen molar-refractivity contribution < 1.29 is 65.3 Å². The predicted molar refractivity (Wildman–Crippen MR) is 107 cm³/mol. The van der Waals surface area contributed by atoms with Crippen LogP contribution in [0.15, 0.2) is 59.5 Å². The van der Waals surface area contributed by atoms with Crippen molar-refractivity contribution in [1.82, 2.24) is 0 Å². The topological polar surface area (TPSA) is 129 Å². The van der Waals surface area contributed by atoms with Crippen LogP contribution in [0.1, 0.15) is 37.4 Å². The Morgan fingerprint density at radius 3 is 1.88 bits per heavy atom. The summed E-state index contributed by atoms with van der Waals surface area (Å²) in [6.45, 7) is 0. The summed E-state index contributed by atoms with van der Waals surface area (Å²) < 4.78 is 73.7. The molecule has 0 saturated heterocycles. The molecule has 164 valence electrons. The molecule has 3 N–H and O–H groups in total. The minimum absolute atomic E-state index is 0. The van der Waals surface area contributed by atoms with E-state index in [0.29, 0.717) is 0 Å². The molecule has 0 bridgehead atoms. The fraction of sp³-hybridized carbons (Fsp3) is 0.0476. The van der Waals surface area contributed by atoms with Gasteiger partial charge in [0.25, 0.3) is 0 Å². The zero-order valence-corrected chi connectivity index (χ0v) is 19.7. The molecule has 0 amide bonds. The van der Waals surface area contributed by atoms with Gasteiger partial charge in [0.1, 0.15) is 10.1 Å². The SMILES string of the molecule is Nc1c(S(=O)(=O)[O-])cc(Nc2ccc(C(F)(F)F)cc2)c2c1C(=O)c1ccccc1C2=O.[Na+]. The van der Waals surface area contributed by atoms with E-state index in [1.165, 1.54) is 24.3 Å². The van der Waals surface area contributed by atoms with Gasteiger partial charge in [-0.05, 0) is 30.3 Å². The molecule has 0 aromatic heterocycles. The summed E-state index contributed by atoms with van der Waals surface area (Å²) in [5.74, 6) is -1.42. The Kier molecular flexibility index (Phi) is 6.48. The number of halogens is 3. The third-order valence-corrected chi connectivity index (χ3v) is 5.84. The van der Waals surface area contributed by atoms with Crippen LogP contribution in [0.5, 0.6) is 0 Å². The van der Waals surface area contributed by atoms with Crippen molar-refractivity contribution in [2.24, 2.45) is 0 Å². The number of carbonyl (C=O) groups is 2. The van der Waals surface area contributed by atoms with Crippen LogP contribution in [0.4, 0.5) is 30.2 Å². The standard InChI is InChI=1S/C21H13F3N2O5S.Na/c22-21(23,24)10-5-7-11(8-6-10)26-14-9-15(32(29,30)31)18(25)17-16(14)19(27)12-3-1-2-4-13(12)20(17)28;/h1-9,26H,25H2,(H,29,30,31);/q;+1/p-1. The number of nitrogens with two attached hydrogens (primary N) is 1. The zero-order chi connectivity index (χ0) is 23.4. The van der Waals surface area contributed by atoms with E-state index in [-0.39, 0.29) is 57.6 Å². The van der Waals surface area contributed by atoms with Gasteiger partial charge in [-0.25, -0.2) is 8.42 Å². The smallest absolute Gasteiger partial charge is 0.744 e. The number of nitrogens with one attached hydrogen (secondary N) is 1. The van der Waals surface area contributed by atoms with E-state index in [0.717, 1.165) is 30.3 Å². The second kappa shape index (κ2) is 8.58. The predicted octanol–water partition coefficient (Wildman–Crippen LogP) is 0.715. The second-order valence-corrected chi connectivity index (χ2v) is 8.29. The molecule has 3 aromatic rings. The van der Waals surface area contributed by atoms with Gasteiger partial charge in [0.05, 0.1) is 33.0 Å². The van der Waals surface area contributed by atoms with Gasteiger partial charge in [0, 0.05) is 16.8 Å². The number of anilines is 3. The van der Waals surface area contributed by atoms with Crippen molar-refractivity contribution >= 4 is 38.7 Å². The van der Waals surface area contributed by atoms with Crippen molar-refractivity contribution in [2.75, 3.05) is 11.1 Å². The van der Waals surface area contributed by atoms with Gasteiger partial charge in [-0.1, -0.05) is 24.3 Å². The fourth-order valence-electron chi connectivity index (χ4n) is 3.50. The fourth-order valence-corrected chi connectivity index (χ4v) is 4.13. The largest absolute Gasteiger partial charge is 1.00 e. The maximum atomic E-state index is 13.1. The molecule has 1 aliphatic carbocycles. The van der Waals surface area contributed by atoms with E-state index < -0.39 is 49.6 Å². The molecular weight excluding hydrogens is 472 g/mol. The van der Waals surface area contributed by atoms with Gasteiger partial charge < -0.3 is 15.6 Å². The molecule has 0 aliphatic heterocycles. The van der Waals surface area contributed by atoms with Gasteiger partial charge in [-0.3, -0.25) is 9.59 Å². The Balaban J connectivity index is 0.00000306. The van der Waals surface area contributed by atoms with Gasteiger partial charge >= 0.3 is 35.7 Å². The molecule has 0 radical (unpaired) electrons. The number of nitrogen functional groups attached to an aromatic ring is 1. The van der Waals surface area contributed by atoms with Crippen LogP contribution in [-0.2, 0) is 16.3 Å². The number of benzene rings is 3. The molecule has 0 fully saturated rings. The van der Waals surface area contributed by atoms with Crippen LogP contribution in [0, 0.1) is 0 Å². The number of hydrogen-bond acceptors (Lipinski definition) is 7. The molecule has 0 unspecified atom stereocenters. The molecule has 0 saturated carbocycles. The maximum Gasteiger partial charge on any atom is 1.00 e. The first-order valence-corrected chi connectivity index (χ1v) is 10.4. The molecular formula is C21H12F3N2NaO5S. The van der Waals surface area contributed by atoms with Crippen molar-refractivity contribution in [1.29, 1.82) is 0 Å². The Hall–Kier alpha value is -2.70.